The molecule has 1 heterocycles. The molecule has 0 atom stereocenters. The van der Waals surface area contributed by atoms with Gasteiger partial charge in [-0.2, -0.15) is 0 Å². The summed E-state index contributed by atoms with van der Waals surface area (Å²) in [5.41, 5.74) is 0.265. The summed E-state index contributed by atoms with van der Waals surface area (Å²) in [5, 5.41) is 30.2. The first kappa shape index (κ1) is 11.7. The van der Waals surface area contributed by atoms with Crippen molar-refractivity contribution in [3.05, 3.63) is 22.6 Å². The van der Waals surface area contributed by atoms with Gasteiger partial charge in [0, 0.05) is 5.56 Å². The maximum absolute atomic E-state index is 11.0. The van der Waals surface area contributed by atoms with Crippen LogP contribution in [-0.2, 0) is 0 Å². The van der Waals surface area contributed by atoms with Crippen molar-refractivity contribution in [2.75, 3.05) is 0 Å². The van der Waals surface area contributed by atoms with Gasteiger partial charge in [-0.15, -0.1) is 0 Å². The number of hydrogen-bond donors (Lipinski definition) is 4. The van der Waals surface area contributed by atoms with Crippen LogP contribution < -0.4 is 5.32 Å². The lowest BCUT2D eigenvalue weighted by Gasteiger charge is -2.04. The highest BCUT2D eigenvalue weighted by molar-refractivity contribution is 8.19. The minimum absolute atomic E-state index is 0.265. The summed E-state index contributed by atoms with van der Waals surface area (Å²) in [4.78, 5) is 11.8. The Morgan fingerprint density at radius 1 is 1.24 bits per heavy atom. The summed E-state index contributed by atoms with van der Waals surface area (Å²) in [6.07, 6.45) is 1.46. The monoisotopic (exact) mass is 269 g/mol. The van der Waals surface area contributed by atoms with Gasteiger partial charge in [0.15, 0.2) is 11.5 Å². The van der Waals surface area contributed by atoms with Crippen molar-refractivity contribution in [2.45, 2.75) is 0 Å². The Morgan fingerprint density at radius 3 is 2.53 bits per heavy atom. The number of carbonyl (C=O) groups excluding carboxylic acids is 1. The van der Waals surface area contributed by atoms with E-state index in [2.05, 4.69) is 5.32 Å². The van der Waals surface area contributed by atoms with Gasteiger partial charge in [-0.1, -0.05) is 12.2 Å². The molecule has 4 N–H and O–H groups in total. The molecule has 0 unspecified atom stereocenters. The fourth-order valence-electron chi connectivity index (χ4n) is 1.26. The van der Waals surface area contributed by atoms with E-state index in [4.69, 9.17) is 17.3 Å². The molecule has 1 aliphatic heterocycles. The zero-order valence-corrected chi connectivity index (χ0v) is 9.93. The van der Waals surface area contributed by atoms with Gasteiger partial charge >= 0.3 is 0 Å². The summed E-state index contributed by atoms with van der Waals surface area (Å²) in [7, 11) is 0. The number of carbonyl (C=O) groups is 1. The fraction of sp³-hybridized carbons (Fsp3) is 0. The molecule has 17 heavy (non-hydrogen) atoms. The van der Waals surface area contributed by atoms with E-state index in [1.54, 1.807) is 0 Å². The lowest BCUT2D eigenvalue weighted by Crippen LogP contribution is -2.15. The first-order valence-corrected chi connectivity index (χ1v) is 5.70. The molecule has 5 nitrogen and oxygen atoms in total. The number of benzene rings is 1. The lowest BCUT2D eigenvalue weighted by atomic mass is 10.1. The number of nitrogens with one attached hydrogen (secondary N) is 1. The van der Waals surface area contributed by atoms with Gasteiger partial charge in [0.25, 0.3) is 5.24 Å². The normalized spacial score (nSPS) is 17.5. The summed E-state index contributed by atoms with van der Waals surface area (Å²) >= 11 is 5.81. The predicted octanol–water partition coefficient (Wildman–Crippen LogP) is 1.93. The van der Waals surface area contributed by atoms with Crippen LogP contribution in [0, 0.1) is 0 Å². The average molecular weight is 269 g/mol. The Balaban J connectivity index is 2.43. The molecule has 88 valence electrons. The quantitative estimate of drug-likeness (QED) is 0.354. The maximum Gasteiger partial charge on any atom is 0.289 e. The molecule has 0 radical (unpaired) electrons. The number of phenols is 3. The molecule has 0 aromatic heterocycles. The smallest absolute Gasteiger partial charge is 0.289 e. The fourth-order valence-corrected chi connectivity index (χ4v) is 2.29. The van der Waals surface area contributed by atoms with Crippen LogP contribution in [0.2, 0.25) is 0 Å². The van der Waals surface area contributed by atoms with Crippen LogP contribution in [-0.4, -0.2) is 25.5 Å². The van der Waals surface area contributed by atoms with Gasteiger partial charge in [0.05, 0.1) is 4.91 Å². The summed E-state index contributed by atoms with van der Waals surface area (Å²) < 4.78 is 0. The van der Waals surface area contributed by atoms with E-state index < -0.39 is 17.2 Å². The average Bonchev–Trinajstić information content (AvgIpc) is 2.58. The minimum atomic E-state index is -0.604. The van der Waals surface area contributed by atoms with Crippen molar-refractivity contribution in [1.82, 2.24) is 5.32 Å². The van der Waals surface area contributed by atoms with Gasteiger partial charge in [-0.3, -0.25) is 4.79 Å². The highest BCUT2D eigenvalue weighted by Crippen LogP contribution is 2.39. The van der Waals surface area contributed by atoms with E-state index in [0.717, 1.165) is 11.8 Å². The van der Waals surface area contributed by atoms with Crippen LogP contribution in [0.5, 0.6) is 17.2 Å². The summed E-state index contributed by atoms with van der Waals surface area (Å²) in [6, 6.07) is 2.64. The molecule has 1 aromatic carbocycles. The van der Waals surface area contributed by atoms with Crippen molar-refractivity contribution in [3.8, 4) is 17.2 Å². The Bertz CT molecular complexity index is 553. The third-order valence-corrected chi connectivity index (χ3v) is 3.37. The molecule has 0 bridgehead atoms. The van der Waals surface area contributed by atoms with Crippen LogP contribution in [0.3, 0.4) is 0 Å². The molecular formula is C10H7NO4S2. The molecule has 0 spiro atoms. The number of rotatable bonds is 1. The van der Waals surface area contributed by atoms with Crippen LogP contribution >= 0.6 is 24.0 Å². The van der Waals surface area contributed by atoms with Gasteiger partial charge in [-0.05, 0) is 30.0 Å². The standard InChI is InChI=1S/C10H7NO4S2/c12-5-2-1-4(7(13)8(5)14)3-6-9(16)11-10(15)17-6/h1-3,12-14H,(H,11,15,16)/b6-3-. The van der Waals surface area contributed by atoms with Gasteiger partial charge < -0.3 is 20.6 Å². The van der Waals surface area contributed by atoms with Crippen molar-refractivity contribution in [3.63, 3.8) is 0 Å². The van der Waals surface area contributed by atoms with Crippen LogP contribution in [0.1, 0.15) is 5.56 Å². The van der Waals surface area contributed by atoms with Crippen molar-refractivity contribution in [1.29, 1.82) is 0 Å². The largest absolute Gasteiger partial charge is 0.504 e. The number of amides is 1. The second-order valence-electron chi connectivity index (χ2n) is 3.22. The first-order chi connectivity index (χ1) is 7.99. The third-order valence-electron chi connectivity index (χ3n) is 2.09. The van der Waals surface area contributed by atoms with E-state index in [9.17, 15) is 15.0 Å². The Hall–Kier alpha value is -1.73. The Morgan fingerprint density at radius 2 is 1.94 bits per heavy atom. The van der Waals surface area contributed by atoms with E-state index in [0.29, 0.717) is 4.91 Å². The van der Waals surface area contributed by atoms with Crippen LogP contribution in [0.4, 0.5) is 4.79 Å². The topological polar surface area (TPSA) is 89.8 Å². The van der Waals surface area contributed by atoms with E-state index >= 15 is 0 Å². The molecule has 1 fully saturated rings. The van der Waals surface area contributed by atoms with Gasteiger partial charge in [-0.25, -0.2) is 0 Å². The predicted molar refractivity (Wildman–Crippen MR) is 68.1 cm³/mol. The van der Waals surface area contributed by atoms with Crippen LogP contribution in [0.25, 0.3) is 6.08 Å². The molecule has 1 aliphatic rings. The molecular weight excluding hydrogens is 262 g/mol. The van der Waals surface area contributed by atoms with Gasteiger partial charge in [0.1, 0.15) is 4.99 Å². The number of thioether (sulfide) groups is 1. The highest BCUT2D eigenvalue weighted by Gasteiger charge is 2.22. The number of thiocarbonyl (C=S) groups is 1. The maximum atomic E-state index is 11.0. The Labute approximate surface area is 106 Å². The molecule has 1 saturated heterocycles. The number of phenolic OH excluding ortho intramolecular Hbond substituents is 3. The molecule has 1 aromatic rings. The van der Waals surface area contributed by atoms with Crippen molar-refractivity contribution < 1.29 is 20.1 Å². The molecule has 0 saturated carbocycles. The zero-order valence-electron chi connectivity index (χ0n) is 8.30. The molecule has 0 aliphatic carbocycles. The van der Waals surface area contributed by atoms with Crippen LogP contribution in [0.15, 0.2) is 17.0 Å². The van der Waals surface area contributed by atoms with Crippen molar-refractivity contribution >= 4 is 40.3 Å². The molecule has 7 heteroatoms. The number of aromatic hydroxyl groups is 3. The van der Waals surface area contributed by atoms with E-state index in [-0.39, 0.29) is 15.8 Å². The molecule has 2 rings (SSSR count). The first-order valence-electron chi connectivity index (χ1n) is 4.48. The Kier molecular flexibility index (Phi) is 2.95. The highest BCUT2D eigenvalue weighted by atomic mass is 32.2. The second kappa shape index (κ2) is 4.27. The van der Waals surface area contributed by atoms with E-state index in [1.807, 2.05) is 0 Å². The second-order valence-corrected chi connectivity index (χ2v) is 4.65. The summed E-state index contributed by atoms with van der Waals surface area (Å²) in [6.45, 7) is 0. The zero-order chi connectivity index (χ0) is 12.6. The minimum Gasteiger partial charge on any atom is -0.504 e. The SMILES string of the molecule is O=C1NC(=S)/C(=C/c2ccc(O)c(O)c2O)S1. The van der Waals surface area contributed by atoms with E-state index in [1.165, 1.54) is 18.2 Å². The van der Waals surface area contributed by atoms with Gasteiger partial charge in [0.2, 0.25) is 5.75 Å². The third kappa shape index (κ3) is 2.20. The van der Waals surface area contributed by atoms with Crippen molar-refractivity contribution in [2.24, 2.45) is 0 Å². The number of hydrogen-bond acceptors (Lipinski definition) is 6. The summed E-state index contributed by atoms with van der Waals surface area (Å²) in [5.74, 6) is -1.48. The molecule has 1 amide bonds. The lowest BCUT2D eigenvalue weighted by molar-refractivity contribution is 0.265.